The van der Waals surface area contributed by atoms with Crippen molar-refractivity contribution in [2.45, 2.75) is 30.9 Å². The van der Waals surface area contributed by atoms with Crippen LogP contribution in [-0.4, -0.2) is 76.4 Å². The summed E-state index contributed by atoms with van der Waals surface area (Å²) in [5, 5.41) is 27.5. The minimum atomic E-state index is -1.22. The molecule has 1 saturated heterocycles. The molecule has 0 spiro atoms. The van der Waals surface area contributed by atoms with Gasteiger partial charge in [-0.15, -0.1) is 0 Å². The van der Waals surface area contributed by atoms with Crippen LogP contribution in [0, 0.1) is 0 Å². The summed E-state index contributed by atoms with van der Waals surface area (Å²) < 4.78 is 8.87. The number of nitrogens with one attached hydrogen (secondary N) is 1. The molecular formula is C16H20N8O4. The number of rotatable bonds is 4. The summed E-state index contributed by atoms with van der Waals surface area (Å²) >= 11 is 0. The van der Waals surface area contributed by atoms with Crippen LogP contribution >= 0.6 is 0 Å². The fourth-order valence-corrected chi connectivity index (χ4v) is 3.19. The highest BCUT2D eigenvalue weighted by atomic mass is 16.5. The summed E-state index contributed by atoms with van der Waals surface area (Å²) in [7, 11) is 1.70. The number of aliphatic hydroxyl groups excluding tert-OH is 2. The average molecular weight is 388 g/mol. The molecule has 0 radical (unpaired) electrons. The van der Waals surface area contributed by atoms with Crippen molar-refractivity contribution in [3.05, 3.63) is 30.6 Å². The lowest BCUT2D eigenvalue weighted by Gasteiger charge is -2.38. The average Bonchev–Trinajstić information content (AvgIpc) is 3.29. The highest BCUT2D eigenvalue weighted by Gasteiger charge is 2.39. The second-order valence-corrected chi connectivity index (χ2v) is 6.66. The number of aliphatic hydroxyl groups is 2. The van der Waals surface area contributed by atoms with Gasteiger partial charge < -0.3 is 30.6 Å². The van der Waals surface area contributed by atoms with Crippen LogP contribution in [0.4, 0.5) is 5.82 Å². The van der Waals surface area contributed by atoms with Crippen LogP contribution < -0.4 is 11.1 Å². The third kappa shape index (κ3) is 3.28. The molecule has 4 heterocycles. The van der Waals surface area contributed by atoms with Gasteiger partial charge in [-0.2, -0.15) is 5.10 Å². The fraction of sp³-hybridized carbons (Fsp3) is 0.438. The quantitative estimate of drug-likeness (QED) is 0.398. The molecule has 148 valence electrons. The van der Waals surface area contributed by atoms with E-state index in [0.29, 0.717) is 16.7 Å². The second-order valence-electron chi connectivity index (χ2n) is 6.66. The number of imidazole rings is 1. The van der Waals surface area contributed by atoms with Crippen LogP contribution in [0.2, 0.25) is 0 Å². The van der Waals surface area contributed by atoms with Gasteiger partial charge in [0.2, 0.25) is 0 Å². The monoisotopic (exact) mass is 388 g/mol. The third-order valence-electron chi connectivity index (χ3n) is 4.72. The molecular weight excluding hydrogens is 368 g/mol. The maximum atomic E-state index is 12.2. The normalized spacial score (nSPS) is 25.1. The topological polar surface area (TPSA) is 166 Å². The van der Waals surface area contributed by atoms with E-state index in [0.717, 1.165) is 0 Å². The minimum absolute atomic E-state index is 0.0403. The Morgan fingerprint density at radius 2 is 2.18 bits per heavy atom. The molecule has 28 heavy (non-hydrogen) atoms. The van der Waals surface area contributed by atoms with Gasteiger partial charge in [-0.25, -0.2) is 15.0 Å². The van der Waals surface area contributed by atoms with Gasteiger partial charge in [-0.3, -0.25) is 9.48 Å². The molecule has 5 N–H and O–H groups in total. The highest BCUT2D eigenvalue weighted by molar-refractivity contribution is 5.93. The van der Waals surface area contributed by atoms with E-state index in [1.165, 1.54) is 23.5 Å². The number of hydrogen-bond acceptors (Lipinski definition) is 9. The Labute approximate surface area is 159 Å². The van der Waals surface area contributed by atoms with Crippen molar-refractivity contribution in [3.63, 3.8) is 0 Å². The van der Waals surface area contributed by atoms with E-state index in [1.807, 2.05) is 0 Å². The first-order chi connectivity index (χ1) is 13.4. The van der Waals surface area contributed by atoms with Crippen molar-refractivity contribution >= 4 is 22.9 Å². The van der Waals surface area contributed by atoms with E-state index < -0.39 is 30.3 Å². The Balaban J connectivity index is 1.43. The van der Waals surface area contributed by atoms with Gasteiger partial charge in [0, 0.05) is 13.2 Å². The van der Waals surface area contributed by atoms with Gasteiger partial charge in [0.05, 0.1) is 37.3 Å². The Bertz CT molecular complexity index is 1000. The Morgan fingerprint density at radius 3 is 2.93 bits per heavy atom. The SMILES string of the molecule is Cn1cc(C(=O)N[C@@H]2CO[C@H](Cn3cnc4c(N)ncnc43)[C@@H](O)[C@H]2O)cn1. The number of hydrogen-bond donors (Lipinski definition) is 4. The first-order valence-corrected chi connectivity index (χ1v) is 8.62. The molecule has 3 aromatic heterocycles. The largest absolute Gasteiger partial charge is 0.388 e. The zero-order valence-corrected chi connectivity index (χ0v) is 15.0. The van der Waals surface area contributed by atoms with Crippen molar-refractivity contribution in [2.75, 3.05) is 12.3 Å². The minimum Gasteiger partial charge on any atom is -0.388 e. The standard InChI is InChI=1S/C16H20N8O4/c1-23-3-8(2-21-23)16(27)22-9-5-28-10(13(26)12(9)25)4-24-7-20-11-14(17)18-6-19-15(11)24/h2-3,6-7,9-10,12-13,25-26H,4-5H2,1H3,(H,22,27)(H2,17,18,19)/t9-,10-,12+,13-/m1/s1. The molecule has 1 amide bonds. The number of nitrogens with zero attached hydrogens (tertiary/aromatic N) is 6. The predicted octanol–water partition coefficient (Wildman–Crippen LogP) is -1.94. The number of carbonyl (C=O) groups excluding carboxylic acids is 1. The summed E-state index contributed by atoms with van der Waals surface area (Å²) in [6.07, 6.45) is 2.69. The van der Waals surface area contributed by atoms with Crippen LogP contribution in [-0.2, 0) is 18.3 Å². The number of amides is 1. The summed E-state index contributed by atoms with van der Waals surface area (Å²) in [6.45, 7) is 0.243. The van der Waals surface area contributed by atoms with E-state index in [-0.39, 0.29) is 19.0 Å². The molecule has 12 nitrogen and oxygen atoms in total. The van der Waals surface area contributed by atoms with Crippen molar-refractivity contribution in [3.8, 4) is 0 Å². The van der Waals surface area contributed by atoms with Gasteiger partial charge in [0.15, 0.2) is 11.5 Å². The van der Waals surface area contributed by atoms with E-state index in [4.69, 9.17) is 10.5 Å². The Hall–Kier alpha value is -3.09. The van der Waals surface area contributed by atoms with Crippen molar-refractivity contribution in [2.24, 2.45) is 7.05 Å². The lowest BCUT2D eigenvalue weighted by molar-refractivity contribution is -0.152. The molecule has 1 aliphatic heterocycles. The molecule has 1 fully saturated rings. The number of aromatic nitrogens is 6. The summed E-state index contributed by atoms with van der Waals surface area (Å²) in [4.78, 5) is 24.4. The van der Waals surface area contributed by atoms with Crippen molar-refractivity contribution in [1.82, 2.24) is 34.6 Å². The van der Waals surface area contributed by atoms with E-state index in [9.17, 15) is 15.0 Å². The van der Waals surface area contributed by atoms with E-state index in [2.05, 4.69) is 25.4 Å². The zero-order valence-electron chi connectivity index (χ0n) is 15.0. The number of carbonyl (C=O) groups is 1. The Kier molecular flexibility index (Phi) is 4.66. The molecule has 0 unspecified atom stereocenters. The van der Waals surface area contributed by atoms with Gasteiger partial charge in [0.1, 0.15) is 30.2 Å². The van der Waals surface area contributed by atoms with Crippen molar-refractivity contribution < 1.29 is 19.7 Å². The zero-order chi connectivity index (χ0) is 19.8. The second kappa shape index (κ2) is 7.14. The molecule has 4 rings (SSSR count). The van der Waals surface area contributed by atoms with Gasteiger partial charge in [-0.1, -0.05) is 0 Å². The highest BCUT2D eigenvalue weighted by Crippen LogP contribution is 2.20. The van der Waals surface area contributed by atoms with Crippen LogP contribution in [0.3, 0.4) is 0 Å². The molecule has 12 heteroatoms. The maximum Gasteiger partial charge on any atom is 0.254 e. The molecule has 3 aromatic rings. The van der Waals surface area contributed by atoms with Crippen LogP contribution in [0.1, 0.15) is 10.4 Å². The maximum absolute atomic E-state index is 12.2. The number of nitrogen functional groups attached to an aromatic ring is 1. The number of fused-ring (bicyclic) bond motifs is 1. The lowest BCUT2D eigenvalue weighted by Crippen LogP contribution is -2.59. The summed E-state index contributed by atoms with van der Waals surface area (Å²) in [5.41, 5.74) is 7.09. The Morgan fingerprint density at radius 1 is 1.36 bits per heavy atom. The third-order valence-corrected chi connectivity index (χ3v) is 4.72. The number of anilines is 1. The number of ether oxygens (including phenoxy) is 1. The van der Waals surface area contributed by atoms with Crippen LogP contribution in [0.25, 0.3) is 11.2 Å². The molecule has 0 aliphatic carbocycles. The molecule has 0 aromatic carbocycles. The van der Waals surface area contributed by atoms with Gasteiger partial charge in [-0.05, 0) is 0 Å². The smallest absolute Gasteiger partial charge is 0.254 e. The van der Waals surface area contributed by atoms with Gasteiger partial charge >= 0.3 is 0 Å². The number of aryl methyl sites for hydroxylation is 1. The summed E-state index contributed by atoms with van der Waals surface area (Å²) in [5.74, 6) is -0.147. The molecule has 0 bridgehead atoms. The molecule has 0 saturated carbocycles. The lowest BCUT2D eigenvalue weighted by atomic mass is 9.97. The van der Waals surface area contributed by atoms with Crippen LogP contribution in [0.5, 0.6) is 0 Å². The number of nitrogens with two attached hydrogens (primary N) is 1. The first kappa shape index (κ1) is 18.3. The van der Waals surface area contributed by atoms with Gasteiger partial charge in [0.25, 0.3) is 5.91 Å². The fourth-order valence-electron chi connectivity index (χ4n) is 3.19. The molecule has 4 atom stereocenters. The van der Waals surface area contributed by atoms with E-state index >= 15 is 0 Å². The van der Waals surface area contributed by atoms with E-state index in [1.54, 1.807) is 17.8 Å². The van der Waals surface area contributed by atoms with Crippen molar-refractivity contribution in [1.29, 1.82) is 0 Å². The van der Waals surface area contributed by atoms with Crippen LogP contribution in [0.15, 0.2) is 25.0 Å². The summed E-state index contributed by atoms with van der Waals surface area (Å²) in [6, 6.07) is -0.753. The molecule has 1 aliphatic rings. The predicted molar refractivity (Wildman–Crippen MR) is 96.0 cm³/mol. The first-order valence-electron chi connectivity index (χ1n) is 8.62.